The summed E-state index contributed by atoms with van der Waals surface area (Å²) in [5, 5.41) is 14.8. The van der Waals surface area contributed by atoms with Crippen LogP contribution in [0.2, 0.25) is 5.02 Å². The number of hydrogen-bond donors (Lipinski definition) is 3. The number of carbonyl (C=O) groups is 1. The molecule has 0 fully saturated rings. The van der Waals surface area contributed by atoms with E-state index < -0.39 is 0 Å². The van der Waals surface area contributed by atoms with Gasteiger partial charge in [-0.3, -0.25) is 4.79 Å². The van der Waals surface area contributed by atoms with Crippen molar-refractivity contribution >= 4 is 23.6 Å². The molecule has 1 amide bonds. The molecule has 0 aliphatic heterocycles. The number of amides is 1. The Kier molecular flexibility index (Phi) is 6.12. The second-order valence-corrected chi connectivity index (χ2v) is 4.43. The van der Waals surface area contributed by atoms with Crippen LogP contribution in [0.4, 0.5) is 0 Å². The van der Waals surface area contributed by atoms with Gasteiger partial charge < -0.3 is 15.7 Å². The Hall–Kier alpha value is -1.78. The van der Waals surface area contributed by atoms with Gasteiger partial charge in [0.2, 0.25) is 0 Å². The molecule has 0 heterocycles. The van der Waals surface area contributed by atoms with E-state index in [4.69, 9.17) is 16.7 Å². The number of allylic oxidation sites excluding steroid dienone is 1. The predicted octanol–water partition coefficient (Wildman–Crippen LogP) is 1.91. The maximum absolute atomic E-state index is 11.9. The second kappa shape index (κ2) is 7.61. The lowest BCUT2D eigenvalue weighted by Crippen LogP contribution is -2.32. The van der Waals surface area contributed by atoms with Gasteiger partial charge in [-0.2, -0.15) is 0 Å². The lowest BCUT2D eigenvalue weighted by atomic mass is 10.2. The van der Waals surface area contributed by atoms with Gasteiger partial charge in [-0.05, 0) is 30.7 Å². The minimum Gasteiger partial charge on any atom is -0.395 e. The first-order valence-electron chi connectivity index (χ1n) is 5.82. The van der Waals surface area contributed by atoms with E-state index in [2.05, 4.69) is 17.2 Å². The quantitative estimate of drug-likeness (QED) is 0.698. The average Bonchev–Trinajstić information content (AvgIpc) is 2.37. The number of halogens is 1. The zero-order chi connectivity index (χ0) is 14.3. The highest BCUT2D eigenvalue weighted by molar-refractivity contribution is 6.30. The standard InChI is InChI=1S/C14H17ClN2O2/c1-10(2)17-13(14(19)16-7-8-18)9-11-3-5-12(15)6-4-11/h3-6,9,17-18H,1,7-8H2,2H3,(H,16,19)/b13-9-. The number of aliphatic hydroxyl groups is 1. The number of nitrogens with one attached hydrogen (secondary N) is 2. The van der Waals surface area contributed by atoms with Crippen molar-refractivity contribution in [3.8, 4) is 0 Å². The van der Waals surface area contributed by atoms with Crippen molar-refractivity contribution in [1.82, 2.24) is 10.6 Å². The fourth-order valence-electron chi connectivity index (χ4n) is 1.38. The first-order chi connectivity index (χ1) is 9.02. The van der Waals surface area contributed by atoms with Crippen LogP contribution in [0.25, 0.3) is 6.08 Å². The largest absolute Gasteiger partial charge is 0.395 e. The third kappa shape index (κ3) is 5.59. The molecule has 0 atom stereocenters. The summed E-state index contributed by atoms with van der Waals surface area (Å²) in [6.45, 7) is 5.57. The molecule has 19 heavy (non-hydrogen) atoms. The van der Waals surface area contributed by atoms with Crippen LogP contribution in [0.15, 0.2) is 42.2 Å². The Morgan fingerprint density at radius 2 is 2.05 bits per heavy atom. The fourth-order valence-corrected chi connectivity index (χ4v) is 1.50. The van der Waals surface area contributed by atoms with Crippen LogP contribution >= 0.6 is 11.6 Å². The van der Waals surface area contributed by atoms with Crippen LogP contribution < -0.4 is 10.6 Å². The number of rotatable bonds is 6. The lowest BCUT2D eigenvalue weighted by Gasteiger charge is -2.11. The van der Waals surface area contributed by atoms with Crippen molar-refractivity contribution in [1.29, 1.82) is 0 Å². The van der Waals surface area contributed by atoms with Crippen LogP contribution in [0.1, 0.15) is 12.5 Å². The SMILES string of the molecule is C=C(C)N/C(=C\c1ccc(Cl)cc1)C(=O)NCCO. The van der Waals surface area contributed by atoms with Crippen molar-refractivity contribution in [3.63, 3.8) is 0 Å². The minimum atomic E-state index is -0.299. The maximum atomic E-state index is 11.9. The van der Waals surface area contributed by atoms with Crippen LogP contribution in [-0.2, 0) is 4.79 Å². The van der Waals surface area contributed by atoms with E-state index >= 15 is 0 Å². The number of carbonyl (C=O) groups excluding carboxylic acids is 1. The molecule has 5 heteroatoms. The van der Waals surface area contributed by atoms with E-state index in [1.54, 1.807) is 25.1 Å². The van der Waals surface area contributed by atoms with Crippen LogP contribution in [0, 0.1) is 0 Å². The van der Waals surface area contributed by atoms with E-state index in [0.717, 1.165) is 5.56 Å². The third-order valence-corrected chi connectivity index (χ3v) is 2.42. The summed E-state index contributed by atoms with van der Waals surface area (Å²) in [6, 6.07) is 7.11. The van der Waals surface area contributed by atoms with Crippen LogP contribution in [-0.4, -0.2) is 24.2 Å². The van der Waals surface area contributed by atoms with Crippen molar-refractivity contribution in [3.05, 3.63) is 52.8 Å². The topological polar surface area (TPSA) is 61.4 Å². The maximum Gasteiger partial charge on any atom is 0.267 e. The Bertz CT molecular complexity index is 481. The number of hydrogen-bond acceptors (Lipinski definition) is 3. The Labute approximate surface area is 117 Å². The molecule has 0 spiro atoms. The Morgan fingerprint density at radius 1 is 1.42 bits per heavy atom. The lowest BCUT2D eigenvalue weighted by molar-refractivity contribution is -0.117. The van der Waals surface area contributed by atoms with Crippen molar-refractivity contribution in [2.45, 2.75) is 6.92 Å². The fraction of sp³-hybridized carbons (Fsp3) is 0.214. The summed E-state index contributed by atoms with van der Waals surface area (Å²) >= 11 is 5.81. The second-order valence-electron chi connectivity index (χ2n) is 3.99. The van der Waals surface area contributed by atoms with Gasteiger partial charge >= 0.3 is 0 Å². The average molecular weight is 281 g/mol. The van der Waals surface area contributed by atoms with E-state index in [1.165, 1.54) is 0 Å². The van der Waals surface area contributed by atoms with Gasteiger partial charge in [0.1, 0.15) is 5.70 Å². The number of benzene rings is 1. The highest BCUT2D eigenvalue weighted by atomic mass is 35.5. The van der Waals surface area contributed by atoms with Crippen molar-refractivity contribution in [2.24, 2.45) is 0 Å². The molecule has 0 saturated heterocycles. The Morgan fingerprint density at radius 3 is 2.58 bits per heavy atom. The highest BCUT2D eigenvalue weighted by Crippen LogP contribution is 2.12. The molecule has 1 rings (SSSR count). The van der Waals surface area contributed by atoms with Gasteiger partial charge in [0.15, 0.2) is 0 Å². The van der Waals surface area contributed by atoms with Gasteiger partial charge in [0.05, 0.1) is 6.61 Å². The molecule has 0 radical (unpaired) electrons. The first kappa shape index (κ1) is 15.3. The molecule has 1 aromatic rings. The van der Waals surface area contributed by atoms with E-state index in [-0.39, 0.29) is 19.1 Å². The molecule has 1 aromatic carbocycles. The van der Waals surface area contributed by atoms with E-state index in [9.17, 15) is 4.79 Å². The van der Waals surface area contributed by atoms with Gasteiger partial charge in [-0.1, -0.05) is 30.3 Å². The van der Waals surface area contributed by atoms with Gasteiger partial charge in [0, 0.05) is 17.3 Å². The van der Waals surface area contributed by atoms with Crippen molar-refractivity contribution in [2.75, 3.05) is 13.2 Å². The smallest absolute Gasteiger partial charge is 0.267 e. The first-order valence-corrected chi connectivity index (χ1v) is 6.19. The molecule has 0 unspecified atom stereocenters. The zero-order valence-electron chi connectivity index (χ0n) is 10.7. The summed E-state index contributed by atoms with van der Waals surface area (Å²) in [7, 11) is 0. The molecule has 0 aromatic heterocycles. The zero-order valence-corrected chi connectivity index (χ0v) is 11.5. The molecular formula is C14H17ClN2O2. The molecule has 0 aliphatic carbocycles. The molecule has 0 saturated carbocycles. The van der Waals surface area contributed by atoms with Crippen molar-refractivity contribution < 1.29 is 9.90 Å². The van der Waals surface area contributed by atoms with E-state index in [0.29, 0.717) is 16.4 Å². The van der Waals surface area contributed by atoms with Crippen LogP contribution in [0.3, 0.4) is 0 Å². The summed E-state index contributed by atoms with van der Waals surface area (Å²) in [5.74, 6) is -0.299. The van der Waals surface area contributed by atoms with Crippen LogP contribution in [0.5, 0.6) is 0 Å². The highest BCUT2D eigenvalue weighted by Gasteiger charge is 2.08. The molecule has 0 bridgehead atoms. The monoisotopic (exact) mass is 280 g/mol. The molecule has 102 valence electrons. The summed E-state index contributed by atoms with van der Waals surface area (Å²) in [4.78, 5) is 11.9. The minimum absolute atomic E-state index is 0.104. The molecule has 4 nitrogen and oxygen atoms in total. The van der Waals surface area contributed by atoms with Gasteiger partial charge in [-0.25, -0.2) is 0 Å². The third-order valence-electron chi connectivity index (χ3n) is 2.17. The molecule has 3 N–H and O–H groups in total. The summed E-state index contributed by atoms with van der Waals surface area (Å²) in [5.41, 5.74) is 1.86. The van der Waals surface area contributed by atoms with E-state index in [1.807, 2.05) is 12.1 Å². The Balaban J connectivity index is 2.91. The summed E-state index contributed by atoms with van der Waals surface area (Å²) in [6.07, 6.45) is 1.69. The predicted molar refractivity (Wildman–Crippen MR) is 77.5 cm³/mol. The summed E-state index contributed by atoms with van der Waals surface area (Å²) < 4.78 is 0. The van der Waals surface area contributed by atoms with Gasteiger partial charge in [0.25, 0.3) is 5.91 Å². The normalized spacial score (nSPS) is 11.0. The van der Waals surface area contributed by atoms with Gasteiger partial charge in [-0.15, -0.1) is 0 Å². The molecular weight excluding hydrogens is 264 g/mol. The molecule has 0 aliphatic rings. The number of aliphatic hydroxyl groups excluding tert-OH is 1.